The first-order valence-electron chi connectivity index (χ1n) is 28.0. The summed E-state index contributed by atoms with van der Waals surface area (Å²) in [6.07, 6.45) is 54.4. The van der Waals surface area contributed by atoms with Gasteiger partial charge in [0.05, 0.1) is 40.3 Å². The van der Waals surface area contributed by atoms with Gasteiger partial charge in [-0.25, -0.2) is 0 Å². The Kier molecular flexibility index (Phi) is 47.5. The number of carbonyl (C=O) groups excluding carboxylic acids is 3. The van der Waals surface area contributed by atoms with Crippen LogP contribution in [0, 0.1) is 0 Å². The third-order valence-electron chi connectivity index (χ3n) is 12.5. The molecule has 0 fully saturated rings. The molecule has 0 aliphatic carbocycles. The Morgan fingerprint density at radius 3 is 1.20 bits per heavy atom. The van der Waals surface area contributed by atoms with Crippen molar-refractivity contribution in [3.63, 3.8) is 0 Å². The van der Waals surface area contributed by atoms with Gasteiger partial charge >= 0.3 is 11.9 Å². The van der Waals surface area contributed by atoms with E-state index in [1.165, 1.54) is 186 Å². The highest BCUT2D eigenvalue weighted by Crippen LogP contribution is 2.17. The smallest absolute Gasteiger partial charge is 0.306 e. The number of hydrogen-bond acceptors (Lipinski definition) is 8. The maximum atomic E-state index is 12.8. The molecule has 0 heterocycles. The molecule has 0 rings (SSSR count). The monoisotopic (exact) mass is 934 g/mol. The molecule has 0 aromatic heterocycles. The Bertz CT molecular complexity index is 1130. The minimum atomic E-state index is -1.61. The average molecular weight is 934 g/mol. The van der Waals surface area contributed by atoms with Gasteiger partial charge in [-0.2, -0.15) is 0 Å². The van der Waals surface area contributed by atoms with Crippen LogP contribution < -0.4 is 5.11 Å². The molecular weight excluding hydrogens is 827 g/mol. The number of unbranched alkanes of at least 4 members (excludes halogenated alkanes) is 33. The Labute approximate surface area is 407 Å². The molecule has 0 saturated heterocycles. The average Bonchev–Trinajstić information content (AvgIpc) is 3.28. The molecule has 0 radical (unpaired) electrons. The van der Waals surface area contributed by atoms with E-state index in [1.807, 2.05) is 21.1 Å². The van der Waals surface area contributed by atoms with Crippen molar-refractivity contribution < 1.29 is 42.9 Å². The van der Waals surface area contributed by atoms with Gasteiger partial charge in [-0.05, 0) is 44.9 Å². The maximum absolute atomic E-state index is 12.8. The molecule has 0 amide bonds. The van der Waals surface area contributed by atoms with Crippen LogP contribution in [0.15, 0.2) is 24.3 Å². The van der Waals surface area contributed by atoms with Gasteiger partial charge in [0.15, 0.2) is 12.4 Å². The molecule has 388 valence electrons. The molecule has 9 nitrogen and oxygen atoms in total. The number of ether oxygens (including phenoxy) is 4. The lowest BCUT2D eigenvalue weighted by Crippen LogP contribution is -2.44. The first-order chi connectivity index (χ1) is 32.1. The number of carboxylic acid groups (broad SMARTS) is 1. The van der Waals surface area contributed by atoms with E-state index >= 15 is 0 Å². The number of rotatable bonds is 52. The van der Waals surface area contributed by atoms with E-state index in [1.54, 1.807) is 0 Å². The van der Waals surface area contributed by atoms with Gasteiger partial charge in [-0.1, -0.05) is 231 Å². The van der Waals surface area contributed by atoms with E-state index in [-0.39, 0.29) is 32.2 Å². The summed E-state index contributed by atoms with van der Waals surface area (Å²) in [6, 6.07) is 0. The summed E-state index contributed by atoms with van der Waals surface area (Å²) in [5, 5.41) is 11.7. The van der Waals surface area contributed by atoms with Crippen LogP contribution in [0.3, 0.4) is 0 Å². The molecular formula is C57H107NO8. The second-order valence-electron chi connectivity index (χ2n) is 20.2. The van der Waals surface area contributed by atoms with Gasteiger partial charge in [0.1, 0.15) is 13.2 Å². The fraction of sp³-hybridized carbons (Fsp3) is 0.877. The molecule has 0 saturated carbocycles. The SMILES string of the molecule is CCCCCCC/C=C\C/C=C\CCCCCCCCCCCCCCCCCCCCCCCCCC(=O)OC(COC(=O)CCCCCCCC)COC(OCC[N+](C)(C)C)C(=O)[O-]. The quantitative estimate of drug-likeness (QED) is 0.0195. The van der Waals surface area contributed by atoms with Gasteiger partial charge in [0.25, 0.3) is 0 Å². The van der Waals surface area contributed by atoms with Crippen molar-refractivity contribution in [3.8, 4) is 0 Å². The molecule has 2 unspecified atom stereocenters. The second kappa shape index (κ2) is 49.2. The molecule has 0 aliphatic heterocycles. The summed E-state index contributed by atoms with van der Waals surface area (Å²) in [7, 11) is 5.91. The number of likely N-dealkylation sites (N-methyl/N-ethyl adjacent to an activating group) is 1. The largest absolute Gasteiger partial charge is 0.545 e. The van der Waals surface area contributed by atoms with E-state index in [9.17, 15) is 19.5 Å². The third kappa shape index (κ3) is 49.7. The summed E-state index contributed by atoms with van der Waals surface area (Å²) in [6.45, 7) is 4.69. The zero-order chi connectivity index (χ0) is 48.4. The van der Waals surface area contributed by atoms with Crippen molar-refractivity contribution >= 4 is 17.9 Å². The van der Waals surface area contributed by atoms with Crippen LogP contribution >= 0.6 is 0 Å². The van der Waals surface area contributed by atoms with Gasteiger partial charge in [0, 0.05) is 12.8 Å². The van der Waals surface area contributed by atoms with Gasteiger partial charge in [-0.3, -0.25) is 9.59 Å². The number of hydrogen-bond donors (Lipinski definition) is 0. The molecule has 0 bridgehead atoms. The van der Waals surface area contributed by atoms with Crippen molar-refractivity contribution in [2.75, 3.05) is 47.5 Å². The number of quaternary nitrogens is 1. The number of carbonyl (C=O) groups is 3. The highest BCUT2D eigenvalue weighted by Gasteiger charge is 2.22. The normalized spacial score (nSPS) is 12.9. The summed E-state index contributed by atoms with van der Waals surface area (Å²) < 4.78 is 22.5. The summed E-state index contributed by atoms with van der Waals surface area (Å²) in [4.78, 5) is 36.8. The van der Waals surface area contributed by atoms with Crippen LogP contribution in [-0.2, 0) is 33.3 Å². The van der Waals surface area contributed by atoms with Crippen LogP contribution in [-0.4, -0.2) is 82.3 Å². The number of allylic oxidation sites excluding steroid dienone is 4. The predicted molar refractivity (Wildman–Crippen MR) is 274 cm³/mol. The standard InChI is InChI=1S/C57H107NO8/c1-6-8-10-12-14-15-16-17-18-19-20-21-22-23-24-25-26-27-28-29-30-31-32-33-34-35-36-37-38-39-40-41-42-44-46-48-55(60)66-53(51-64-54(59)47-45-43-13-11-9-7-2)52-65-57(56(61)62)63-50-49-58(3,4)5/h16-17,19-20,53,57H,6-15,18,21-52H2,1-5H3/b17-16-,20-19-. The van der Waals surface area contributed by atoms with Crippen molar-refractivity contribution in [1.82, 2.24) is 0 Å². The maximum Gasteiger partial charge on any atom is 0.306 e. The van der Waals surface area contributed by atoms with Gasteiger partial charge in [-0.15, -0.1) is 0 Å². The van der Waals surface area contributed by atoms with E-state index < -0.39 is 24.3 Å². The third-order valence-corrected chi connectivity index (χ3v) is 12.5. The zero-order valence-corrected chi connectivity index (χ0v) is 44.1. The van der Waals surface area contributed by atoms with Crippen LogP contribution in [0.5, 0.6) is 0 Å². The molecule has 0 N–H and O–H groups in total. The summed E-state index contributed by atoms with van der Waals surface area (Å²) in [5.74, 6) is -2.28. The number of nitrogens with zero attached hydrogens (tertiary/aromatic N) is 1. The molecule has 0 aromatic rings. The number of esters is 2. The van der Waals surface area contributed by atoms with Crippen LogP contribution in [0.1, 0.15) is 264 Å². The Morgan fingerprint density at radius 1 is 0.455 bits per heavy atom. The first kappa shape index (κ1) is 63.8. The lowest BCUT2D eigenvalue weighted by Gasteiger charge is -2.26. The van der Waals surface area contributed by atoms with E-state index in [0.717, 1.165) is 51.4 Å². The van der Waals surface area contributed by atoms with E-state index in [4.69, 9.17) is 18.9 Å². The Hall–Kier alpha value is -2.23. The fourth-order valence-corrected chi connectivity index (χ4v) is 8.10. The minimum absolute atomic E-state index is 0.151. The molecule has 9 heteroatoms. The van der Waals surface area contributed by atoms with Crippen molar-refractivity contribution in [1.29, 1.82) is 0 Å². The van der Waals surface area contributed by atoms with Gasteiger partial charge in [0.2, 0.25) is 0 Å². The lowest BCUT2D eigenvalue weighted by atomic mass is 10.0. The number of aliphatic carboxylic acids is 1. The summed E-state index contributed by atoms with van der Waals surface area (Å²) >= 11 is 0. The van der Waals surface area contributed by atoms with Crippen LogP contribution in [0.4, 0.5) is 0 Å². The topological polar surface area (TPSA) is 111 Å². The molecule has 0 aromatic carbocycles. The fourth-order valence-electron chi connectivity index (χ4n) is 8.10. The predicted octanol–water partition coefficient (Wildman–Crippen LogP) is 14.6. The van der Waals surface area contributed by atoms with Crippen molar-refractivity contribution in [2.45, 2.75) is 277 Å². The Balaban J connectivity index is 3.86. The van der Waals surface area contributed by atoms with Gasteiger partial charge < -0.3 is 33.3 Å². The second-order valence-corrected chi connectivity index (χ2v) is 20.2. The minimum Gasteiger partial charge on any atom is -0.545 e. The molecule has 0 aliphatic rings. The van der Waals surface area contributed by atoms with Crippen molar-refractivity contribution in [2.24, 2.45) is 0 Å². The van der Waals surface area contributed by atoms with Crippen molar-refractivity contribution in [3.05, 3.63) is 24.3 Å². The summed E-state index contributed by atoms with van der Waals surface area (Å²) in [5.41, 5.74) is 0. The Morgan fingerprint density at radius 2 is 0.818 bits per heavy atom. The highest BCUT2D eigenvalue weighted by molar-refractivity contribution is 5.70. The molecule has 0 spiro atoms. The van der Waals surface area contributed by atoms with Crippen LogP contribution in [0.25, 0.3) is 0 Å². The zero-order valence-electron chi connectivity index (χ0n) is 44.1. The molecule has 66 heavy (non-hydrogen) atoms. The number of carboxylic acids is 1. The molecule has 2 atom stereocenters. The van der Waals surface area contributed by atoms with Crippen LogP contribution in [0.2, 0.25) is 0 Å². The van der Waals surface area contributed by atoms with E-state index in [0.29, 0.717) is 17.4 Å². The van der Waals surface area contributed by atoms with E-state index in [2.05, 4.69) is 38.2 Å². The first-order valence-corrected chi connectivity index (χ1v) is 28.0. The lowest BCUT2D eigenvalue weighted by molar-refractivity contribution is -0.870. The highest BCUT2D eigenvalue weighted by atomic mass is 16.7.